The van der Waals surface area contributed by atoms with E-state index in [-0.39, 0.29) is 5.41 Å². The highest BCUT2D eigenvalue weighted by Crippen LogP contribution is 2.42. The van der Waals surface area contributed by atoms with Crippen molar-refractivity contribution < 1.29 is 14.5 Å². The summed E-state index contributed by atoms with van der Waals surface area (Å²) < 4.78 is 18.6. The lowest BCUT2D eigenvalue weighted by Gasteiger charge is -2.37. The van der Waals surface area contributed by atoms with Crippen LogP contribution >= 0.6 is 0 Å². The molecule has 3 rings (SSSR count). The molecule has 2 aliphatic heterocycles. The van der Waals surface area contributed by atoms with Crippen molar-refractivity contribution in [1.29, 1.82) is 0 Å². The van der Waals surface area contributed by atoms with E-state index >= 15 is 0 Å². The molecule has 7 nitrogen and oxygen atoms in total. The van der Waals surface area contributed by atoms with E-state index in [0.29, 0.717) is 32.5 Å². The number of rotatable bonds is 1. The fourth-order valence-corrected chi connectivity index (χ4v) is 3.90. The highest BCUT2D eigenvalue weighted by Gasteiger charge is 2.48. The van der Waals surface area contributed by atoms with Gasteiger partial charge in [0.15, 0.2) is 0 Å². The molecule has 1 unspecified atom stereocenters. The highest BCUT2D eigenvalue weighted by atomic mass is 32.2. The van der Waals surface area contributed by atoms with E-state index in [4.69, 9.17) is 5.11 Å². The zero-order valence-electron chi connectivity index (χ0n) is 13.7. The van der Waals surface area contributed by atoms with Gasteiger partial charge in [-0.25, -0.2) is 4.79 Å². The van der Waals surface area contributed by atoms with Crippen LogP contribution in [0, 0.1) is 5.41 Å². The molecular formula is C15H22N4O3S. The summed E-state index contributed by atoms with van der Waals surface area (Å²) >= 11 is -1.35. The molecule has 8 heteroatoms. The molecule has 0 radical (unpaired) electrons. The van der Waals surface area contributed by atoms with Gasteiger partial charge in [-0.05, 0) is 39.7 Å². The molecular weight excluding hydrogens is 316 g/mol. The Bertz CT molecular complexity index is 641. The summed E-state index contributed by atoms with van der Waals surface area (Å²) in [5, 5.41) is 13.5. The summed E-state index contributed by atoms with van der Waals surface area (Å²) in [5.41, 5.74) is 1.48. The Balaban J connectivity index is 1.93. The molecule has 0 bridgehead atoms. The molecule has 23 heavy (non-hydrogen) atoms. The van der Waals surface area contributed by atoms with Gasteiger partial charge in [-0.2, -0.15) is 5.10 Å². The number of piperidine rings is 1. The molecule has 1 aromatic heterocycles. The third-order valence-corrected chi connectivity index (χ3v) is 6.00. The third kappa shape index (κ3) is 2.85. The maximum absolute atomic E-state index is 12.5. The van der Waals surface area contributed by atoms with E-state index in [9.17, 15) is 9.35 Å². The predicted molar refractivity (Wildman–Crippen MR) is 87.9 cm³/mol. The van der Waals surface area contributed by atoms with Crippen molar-refractivity contribution in [3.63, 3.8) is 0 Å². The van der Waals surface area contributed by atoms with Crippen LogP contribution in [-0.2, 0) is 17.9 Å². The van der Waals surface area contributed by atoms with Crippen LogP contribution in [0.3, 0.4) is 0 Å². The number of carbonyl (C=O) groups is 1. The Hall–Kier alpha value is -1.54. The molecule has 0 aromatic carbocycles. The van der Waals surface area contributed by atoms with E-state index in [1.54, 1.807) is 6.20 Å². The van der Waals surface area contributed by atoms with E-state index in [2.05, 4.69) is 9.50 Å². The van der Waals surface area contributed by atoms with Crippen LogP contribution in [-0.4, -0.2) is 54.0 Å². The van der Waals surface area contributed by atoms with Crippen LogP contribution < -0.4 is 0 Å². The first kappa shape index (κ1) is 16.3. The topological polar surface area (TPSA) is 93.8 Å². The van der Waals surface area contributed by atoms with Gasteiger partial charge in [-0.15, -0.1) is 0 Å². The van der Waals surface area contributed by atoms with Crippen LogP contribution in [0.2, 0.25) is 0 Å². The molecule has 1 atom stereocenters. The number of hydrogen-bond acceptors (Lipinski definition) is 4. The normalized spacial score (nSPS) is 23.3. The first-order valence-electron chi connectivity index (χ1n) is 7.74. The van der Waals surface area contributed by atoms with E-state index < -0.39 is 22.2 Å². The largest absolute Gasteiger partial charge is 0.591 e. The van der Waals surface area contributed by atoms with Crippen LogP contribution in [0.4, 0.5) is 4.79 Å². The number of hydrogen-bond donors (Lipinski definition) is 1. The average Bonchev–Trinajstić information content (AvgIpc) is 3.00. The standard InChI is InChI=1S/C15H22N4O3S/c1-14(2,3)23(22)17-12-11-4-7-16-19(11)10-15(12)5-8-18(9-6-15)13(20)21/h4,7H,5-6,8-10H2,1-3H3,(H,20,21). The Morgan fingerprint density at radius 2 is 2.09 bits per heavy atom. The van der Waals surface area contributed by atoms with Gasteiger partial charge in [0.25, 0.3) is 0 Å². The van der Waals surface area contributed by atoms with Crippen molar-refractivity contribution in [2.24, 2.45) is 9.81 Å². The second-order valence-corrected chi connectivity index (χ2v) is 9.13. The SMILES string of the molecule is CC(C)(C)[S+]([O-])N=C1c2ccnn2CC12CCN(C(=O)O)CC2. The summed E-state index contributed by atoms with van der Waals surface area (Å²) in [5.74, 6) is 0. The van der Waals surface area contributed by atoms with Gasteiger partial charge in [0.05, 0.1) is 12.2 Å². The Labute approximate surface area is 138 Å². The van der Waals surface area contributed by atoms with Gasteiger partial charge >= 0.3 is 6.09 Å². The van der Waals surface area contributed by atoms with Crippen LogP contribution in [0.5, 0.6) is 0 Å². The fourth-order valence-electron chi connectivity index (χ4n) is 3.18. The molecule has 0 aliphatic carbocycles. The minimum atomic E-state index is -1.35. The number of likely N-dealkylation sites (tertiary alicyclic amines) is 1. The minimum Gasteiger partial charge on any atom is -0.591 e. The van der Waals surface area contributed by atoms with Crippen molar-refractivity contribution in [3.05, 3.63) is 18.0 Å². The van der Waals surface area contributed by atoms with Crippen molar-refractivity contribution in [3.8, 4) is 0 Å². The highest BCUT2D eigenvalue weighted by molar-refractivity contribution is 7.91. The number of amides is 1. The number of fused-ring (bicyclic) bond motifs is 1. The second-order valence-electron chi connectivity index (χ2n) is 7.23. The molecule has 1 aromatic rings. The van der Waals surface area contributed by atoms with Gasteiger partial charge in [0.2, 0.25) is 0 Å². The summed E-state index contributed by atoms with van der Waals surface area (Å²) in [6, 6.07) is 1.90. The molecule has 1 amide bonds. The number of carboxylic acid groups (broad SMARTS) is 1. The van der Waals surface area contributed by atoms with Gasteiger partial charge in [0.1, 0.15) is 21.8 Å². The van der Waals surface area contributed by atoms with E-state index in [0.717, 1.165) is 11.4 Å². The lowest BCUT2D eigenvalue weighted by Crippen LogP contribution is -2.46. The van der Waals surface area contributed by atoms with Crippen molar-refractivity contribution in [2.45, 2.75) is 44.9 Å². The van der Waals surface area contributed by atoms with Gasteiger partial charge < -0.3 is 14.6 Å². The van der Waals surface area contributed by atoms with Crippen molar-refractivity contribution >= 4 is 23.2 Å². The number of nitrogens with zero attached hydrogens (tertiary/aromatic N) is 4. The van der Waals surface area contributed by atoms with Crippen molar-refractivity contribution in [2.75, 3.05) is 13.1 Å². The van der Waals surface area contributed by atoms with Gasteiger partial charge in [-0.3, -0.25) is 4.68 Å². The third-order valence-electron chi connectivity index (χ3n) is 4.60. The zero-order valence-corrected chi connectivity index (χ0v) is 14.5. The summed E-state index contributed by atoms with van der Waals surface area (Å²) in [7, 11) is 0. The Kier molecular flexibility index (Phi) is 3.92. The molecule has 3 heterocycles. The van der Waals surface area contributed by atoms with E-state index in [1.165, 1.54) is 4.90 Å². The number of aromatic nitrogens is 2. The molecule has 126 valence electrons. The lowest BCUT2D eigenvalue weighted by molar-refractivity contribution is 0.110. The van der Waals surface area contributed by atoms with E-state index in [1.807, 2.05) is 31.5 Å². The first-order valence-corrected chi connectivity index (χ1v) is 8.85. The summed E-state index contributed by atoms with van der Waals surface area (Å²) in [6.07, 6.45) is 2.21. The summed E-state index contributed by atoms with van der Waals surface area (Å²) in [4.78, 5) is 12.6. The Morgan fingerprint density at radius 1 is 1.43 bits per heavy atom. The molecule has 1 saturated heterocycles. The molecule has 1 spiro atoms. The monoisotopic (exact) mass is 338 g/mol. The first-order chi connectivity index (χ1) is 10.7. The predicted octanol–water partition coefficient (Wildman–Crippen LogP) is 1.91. The summed E-state index contributed by atoms with van der Waals surface area (Å²) in [6.45, 7) is 7.34. The van der Waals surface area contributed by atoms with Crippen LogP contribution in [0.15, 0.2) is 16.7 Å². The molecule has 2 aliphatic rings. The zero-order chi connectivity index (χ0) is 16.8. The van der Waals surface area contributed by atoms with Crippen molar-refractivity contribution in [1.82, 2.24) is 14.7 Å². The molecule has 1 N–H and O–H groups in total. The fraction of sp³-hybridized carbons (Fsp3) is 0.667. The van der Waals surface area contributed by atoms with Crippen LogP contribution in [0.25, 0.3) is 0 Å². The smallest absolute Gasteiger partial charge is 0.407 e. The quantitative estimate of drug-likeness (QED) is 0.791. The molecule has 1 fully saturated rings. The van der Waals surface area contributed by atoms with Crippen LogP contribution in [0.1, 0.15) is 39.3 Å². The van der Waals surface area contributed by atoms with Gasteiger partial charge in [-0.1, -0.05) is 4.40 Å². The lowest BCUT2D eigenvalue weighted by atomic mass is 9.75. The second kappa shape index (κ2) is 5.52. The maximum Gasteiger partial charge on any atom is 0.407 e. The maximum atomic E-state index is 12.5. The minimum absolute atomic E-state index is 0.254. The molecule has 0 saturated carbocycles. The Morgan fingerprint density at radius 3 is 2.65 bits per heavy atom. The average molecular weight is 338 g/mol. The van der Waals surface area contributed by atoms with Gasteiger partial charge in [0, 0.05) is 24.7 Å².